The topological polar surface area (TPSA) is 114 Å². The Kier molecular flexibility index (Phi) is 6.31. The van der Waals surface area contributed by atoms with E-state index >= 15 is 0 Å². The number of methoxy groups -OCH3 is 1. The lowest BCUT2D eigenvalue weighted by Crippen LogP contribution is -2.14. The van der Waals surface area contributed by atoms with E-state index in [0.717, 1.165) is 0 Å². The van der Waals surface area contributed by atoms with Crippen molar-refractivity contribution < 1.29 is 28.5 Å². The molecule has 2 rings (SSSR count). The van der Waals surface area contributed by atoms with Gasteiger partial charge in [-0.2, -0.15) is 0 Å². The second-order valence-corrected chi connectivity index (χ2v) is 5.08. The first-order valence-corrected chi connectivity index (χ1v) is 7.71. The third-order valence-corrected chi connectivity index (χ3v) is 3.31. The lowest BCUT2D eigenvalue weighted by Gasteiger charge is -2.10. The molecule has 9 heteroatoms. The maximum absolute atomic E-state index is 11.4. The highest BCUT2D eigenvalue weighted by molar-refractivity contribution is 5.73. The Labute approximate surface area is 149 Å². The smallest absolute Gasteiger partial charge is 0.344 e. The zero-order valence-corrected chi connectivity index (χ0v) is 14.6. The number of carbonyl (C=O) groups is 1. The minimum atomic E-state index is -0.548. The van der Waals surface area contributed by atoms with Gasteiger partial charge in [0.25, 0.3) is 0 Å². The molecule has 0 atom stereocenters. The van der Waals surface area contributed by atoms with Crippen molar-refractivity contribution in [2.24, 2.45) is 0 Å². The van der Waals surface area contributed by atoms with E-state index in [-0.39, 0.29) is 30.4 Å². The number of hydrogen-bond donors (Lipinski definition) is 0. The maximum Gasteiger partial charge on any atom is 0.344 e. The van der Waals surface area contributed by atoms with Gasteiger partial charge in [-0.25, -0.2) is 4.79 Å². The van der Waals surface area contributed by atoms with Crippen LogP contribution in [-0.4, -0.2) is 36.4 Å². The molecule has 0 saturated heterocycles. The molecule has 9 nitrogen and oxygen atoms in total. The second-order valence-electron chi connectivity index (χ2n) is 5.08. The van der Waals surface area contributed by atoms with Gasteiger partial charge in [0.2, 0.25) is 5.76 Å². The minimum absolute atomic E-state index is 0.0392. The van der Waals surface area contributed by atoms with Crippen LogP contribution >= 0.6 is 0 Å². The van der Waals surface area contributed by atoms with Gasteiger partial charge in [0.05, 0.1) is 18.6 Å². The number of ether oxygens (including phenoxy) is 3. The standard InChI is InChI=1S/C17H18N2O7/c1-4-24-16(20)10-25-15-9-12(5-7-13(15)23-3)6-8-14-17(19(21)22)11(2)18-26-14/h5-9H,4,10H2,1-3H3/b8-6+. The molecule has 0 aliphatic rings. The summed E-state index contributed by atoms with van der Waals surface area (Å²) in [6.45, 7) is 3.20. The third-order valence-electron chi connectivity index (χ3n) is 3.31. The van der Waals surface area contributed by atoms with Crippen LogP contribution in [0.25, 0.3) is 12.2 Å². The number of carbonyl (C=O) groups excluding carboxylic acids is 1. The summed E-state index contributed by atoms with van der Waals surface area (Å²) in [5, 5.41) is 14.6. The molecule has 0 aliphatic carbocycles. The molecule has 0 aliphatic heterocycles. The molecule has 138 valence electrons. The van der Waals surface area contributed by atoms with E-state index in [4.69, 9.17) is 18.7 Å². The summed E-state index contributed by atoms with van der Waals surface area (Å²) in [6.07, 6.45) is 3.04. The van der Waals surface area contributed by atoms with Crippen molar-refractivity contribution in [1.29, 1.82) is 0 Å². The van der Waals surface area contributed by atoms with Crippen LogP contribution in [0.15, 0.2) is 22.7 Å². The van der Waals surface area contributed by atoms with Gasteiger partial charge < -0.3 is 18.7 Å². The fourth-order valence-electron chi connectivity index (χ4n) is 2.13. The van der Waals surface area contributed by atoms with E-state index < -0.39 is 10.9 Å². The third kappa shape index (κ3) is 4.59. The number of benzene rings is 1. The molecule has 1 heterocycles. The van der Waals surface area contributed by atoms with E-state index in [2.05, 4.69) is 5.16 Å². The first-order valence-electron chi connectivity index (χ1n) is 7.71. The van der Waals surface area contributed by atoms with Crippen molar-refractivity contribution in [3.05, 3.63) is 45.3 Å². The molecule has 2 aromatic rings. The molecule has 0 N–H and O–H groups in total. The number of hydrogen-bond acceptors (Lipinski definition) is 8. The summed E-state index contributed by atoms with van der Waals surface area (Å²) in [7, 11) is 1.47. The predicted molar refractivity (Wildman–Crippen MR) is 91.9 cm³/mol. The van der Waals surface area contributed by atoms with Crippen LogP contribution in [0.3, 0.4) is 0 Å². The van der Waals surface area contributed by atoms with E-state index in [1.165, 1.54) is 20.1 Å². The Hall–Kier alpha value is -3.36. The van der Waals surface area contributed by atoms with Crippen LogP contribution in [0.2, 0.25) is 0 Å². The number of nitrogens with zero attached hydrogens (tertiary/aromatic N) is 2. The molecular weight excluding hydrogens is 344 g/mol. The quantitative estimate of drug-likeness (QED) is 0.400. The number of aromatic nitrogens is 1. The fourth-order valence-corrected chi connectivity index (χ4v) is 2.13. The molecule has 0 bridgehead atoms. The molecular formula is C17H18N2O7. The van der Waals surface area contributed by atoms with Crippen molar-refractivity contribution in [1.82, 2.24) is 5.16 Å². The van der Waals surface area contributed by atoms with Crippen molar-refractivity contribution in [3.8, 4) is 11.5 Å². The summed E-state index contributed by atoms with van der Waals surface area (Å²) >= 11 is 0. The monoisotopic (exact) mass is 362 g/mol. The van der Waals surface area contributed by atoms with Gasteiger partial charge in [-0.05, 0) is 37.6 Å². The Morgan fingerprint density at radius 2 is 2.12 bits per heavy atom. The van der Waals surface area contributed by atoms with Crippen LogP contribution in [0.5, 0.6) is 11.5 Å². The summed E-state index contributed by atoms with van der Waals surface area (Å²) < 4.78 is 20.4. The Morgan fingerprint density at radius 3 is 2.77 bits per heavy atom. The largest absolute Gasteiger partial charge is 0.493 e. The highest BCUT2D eigenvalue weighted by atomic mass is 16.6. The van der Waals surface area contributed by atoms with Gasteiger partial charge in [0, 0.05) is 0 Å². The van der Waals surface area contributed by atoms with Crippen molar-refractivity contribution in [2.75, 3.05) is 20.3 Å². The maximum atomic E-state index is 11.4. The Balaban J connectivity index is 2.21. The summed E-state index contributed by atoms with van der Waals surface area (Å²) in [4.78, 5) is 21.9. The van der Waals surface area contributed by atoms with Gasteiger partial charge in [-0.3, -0.25) is 10.1 Å². The van der Waals surface area contributed by atoms with Gasteiger partial charge in [0.15, 0.2) is 23.8 Å². The van der Waals surface area contributed by atoms with E-state index in [1.54, 1.807) is 31.2 Å². The molecule has 0 unspecified atom stereocenters. The molecule has 0 spiro atoms. The molecule has 1 aromatic carbocycles. The molecule has 1 aromatic heterocycles. The number of rotatable bonds is 8. The van der Waals surface area contributed by atoms with Crippen LogP contribution in [0.1, 0.15) is 23.9 Å². The van der Waals surface area contributed by atoms with Gasteiger partial charge >= 0.3 is 11.7 Å². The van der Waals surface area contributed by atoms with Crippen molar-refractivity contribution in [2.45, 2.75) is 13.8 Å². The zero-order chi connectivity index (χ0) is 19.1. The molecule has 0 saturated carbocycles. The second kappa shape index (κ2) is 8.65. The molecule has 0 fully saturated rings. The average Bonchev–Trinajstić information content (AvgIpc) is 2.99. The molecule has 0 radical (unpaired) electrons. The van der Waals surface area contributed by atoms with Gasteiger partial charge in [-0.15, -0.1) is 0 Å². The lowest BCUT2D eigenvalue weighted by molar-refractivity contribution is -0.386. The van der Waals surface area contributed by atoms with Crippen LogP contribution in [0.4, 0.5) is 5.69 Å². The highest BCUT2D eigenvalue weighted by Crippen LogP contribution is 2.30. The number of esters is 1. The molecule has 0 amide bonds. The van der Waals surface area contributed by atoms with Crippen molar-refractivity contribution >= 4 is 23.8 Å². The lowest BCUT2D eigenvalue weighted by atomic mass is 10.1. The van der Waals surface area contributed by atoms with E-state index in [9.17, 15) is 14.9 Å². The predicted octanol–water partition coefficient (Wildman–Crippen LogP) is 3.01. The fraction of sp³-hybridized carbons (Fsp3) is 0.294. The van der Waals surface area contributed by atoms with Crippen LogP contribution in [-0.2, 0) is 9.53 Å². The summed E-state index contributed by atoms with van der Waals surface area (Å²) in [6, 6.07) is 5.01. The SMILES string of the molecule is CCOC(=O)COc1cc(/C=C/c2onc(C)c2[N+](=O)[O-])ccc1OC. The highest BCUT2D eigenvalue weighted by Gasteiger charge is 2.21. The zero-order valence-electron chi connectivity index (χ0n) is 14.6. The Morgan fingerprint density at radius 1 is 1.35 bits per heavy atom. The van der Waals surface area contributed by atoms with Crippen LogP contribution in [0, 0.1) is 17.0 Å². The van der Waals surface area contributed by atoms with Crippen LogP contribution < -0.4 is 9.47 Å². The van der Waals surface area contributed by atoms with E-state index in [1.807, 2.05) is 0 Å². The summed E-state index contributed by atoms with van der Waals surface area (Å²) in [5.74, 6) is 0.319. The van der Waals surface area contributed by atoms with Gasteiger partial charge in [-0.1, -0.05) is 17.3 Å². The van der Waals surface area contributed by atoms with E-state index in [0.29, 0.717) is 17.1 Å². The first kappa shape index (κ1) is 19.0. The molecule has 26 heavy (non-hydrogen) atoms. The van der Waals surface area contributed by atoms with Crippen molar-refractivity contribution in [3.63, 3.8) is 0 Å². The number of nitro groups is 1. The van der Waals surface area contributed by atoms with Gasteiger partial charge in [0.1, 0.15) is 0 Å². The Bertz CT molecular complexity index is 827. The first-order chi connectivity index (χ1) is 12.5. The summed E-state index contributed by atoms with van der Waals surface area (Å²) in [5.41, 5.74) is 0.671. The normalized spacial score (nSPS) is 10.7. The number of aryl methyl sites for hydroxylation is 1. The average molecular weight is 362 g/mol. The minimum Gasteiger partial charge on any atom is -0.493 e.